The Labute approximate surface area is 181 Å². The van der Waals surface area contributed by atoms with Crippen LogP contribution in [0.2, 0.25) is 0 Å². The molecule has 1 heterocycles. The van der Waals surface area contributed by atoms with Crippen LogP contribution in [-0.4, -0.2) is 41.6 Å². The van der Waals surface area contributed by atoms with Crippen LogP contribution < -0.4 is 0 Å². The lowest BCUT2D eigenvalue weighted by Crippen LogP contribution is -2.53. The minimum atomic E-state index is -0.818. The number of hydrogen-bond donors (Lipinski definition) is 0. The van der Waals surface area contributed by atoms with Gasteiger partial charge in [0.15, 0.2) is 0 Å². The molecular formula is C24H27NO6. The number of amides is 1. The quantitative estimate of drug-likeness (QED) is 0.608. The number of Topliss-reactive ketones (excluding diaryl/α,β-unsaturated/α-hetero) is 1. The maximum atomic E-state index is 12.7. The molecule has 0 aromatic heterocycles. The molecule has 0 saturated carbocycles. The van der Waals surface area contributed by atoms with Crippen LogP contribution in [0.4, 0.5) is 9.59 Å². The van der Waals surface area contributed by atoms with Crippen molar-refractivity contribution in [2.75, 3.05) is 6.54 Å². The molecule has 0 spiro atoms. The lowest BCUT2D eigenvalue weighted by molar-refractivity contribution is -0.120. The highest BCUT2D eigenvalue weighted by molar-refractivity contribution is 5.77. The second kappa shape index (κ2) is 11.2. The highest BCUT2D eigenvalue weighted by atomic mass is 16.7. The molecule has 2 atom stereocenters. The van der Waals surface area contributed by atoms with E-state index in [1.807, 2.05) is 60.7 Å². The summed E-state index contributed by atoms with van der Waals surface area (Å²) in [6, 6.07) is 18.0. The molecule has 3 rings (SSSR count). The fourth-order valence-corrected chi connectivity index (χ4v) is 3.60. The van der Waals surface area contributed by atoms with Crippen molar-refractivity contribution in [3.8, 4) is 0 Å². The summed E-state index contributed by atoms with van der Waals surface area (Å²) in [5, 5.41) is 0. The van der Waals surface area contributed by atoms with Gasteiger partial charge in [-0.1, -0.05) is 60.7 Å². The monoisotopic (exact) mass is 425 g/mol. The van der Waals surface area contributed by atoms with Crippen LogP contribution in [0.3, 0.4) is 0 Å². The van der Waals surface area contributed by atoms with Crippen molar-refractivity contribution >= 4 is 18.0 Å². The van der Waals surface area contributed by atoms with Gasteiger partial charge < -0.3 is 19.1 Å². The predicted molar refractivity (Wildman–Crippen MR) is 113 cm³/mol. The van der Waals surface area contributed by atoms with Gasteiger partial charge in [-0.3, -0.25) is 4.79 Å². The molecule has 0 radical (unpaired) electrons. The molecular weight excluding hydrogens is 398 g/mol. The molecule has 0 bridgehead atoms. The predicted octanol–water partition coefficient (Wildman–Crippen LogP) is 4.49. The molecule has 1 aliphatic heterocycles. The topological polar surface area (TPSA) is 82.1 Å². The largest absolute Gasteiger partial charge is 0.508 e. The Kier molecular flexibility index (Phi) is 8.04. The number of benzene rings is 2. The number of hydrogen-bond acceptors (Lipinski definition) is 6. The molecule has 1 fully saturated rings. The van der Waals surface area contributed by atoms with E-state index in [0.29, 0.717) is 19.4 Å². The highest BCUT2D eigenvalue weighted by Gasteiger charge is 2.38. The van der Waals surface area contributed by atoms with E-state index in [-0.39, 0.29) is 25.4 Å². The number of likely N-dealkylation sites (tertiary alicyclic amines) is 1. The van der Waals surface area contributed by atoms with Crippen molar-refractivity contribution in [1.82, 2.24) is 4.90 Å². The van der Waals surface area contributed by atoms with E-state index >= 15 is 0 Å². The van der Waals surface area contributed by atoms with Crippen LogP contribution in [0.5, 0.6) is 0 Å². The average molecular weight is 425 g/mol. The molecule has 1 amide bonds. The van der Waals surface area contributed by atoms with Crippen LogP contribution in [0.25, 0.3) is 0 Å². The molecule has 7 heteroatoms. The molecule has 7 nitrogen and oxygen atoms in total. The Morgan fingerprint density at radius 2 is 1.48 bits per heavy atom. The van der Waals surface area contributed by atoms with Gasteiger partial charge in [-0.2, -0.15) is 0 Å². The Hall–Kier alpha value is -3.35. The van der Waals surface area contributed by atoms with E-state index in [4.69, 9.17) is 14.2 Å². The summed E-state index contributed by atoms with van der Waals surface area (Å²) in [6.07, 6.45) is -0.725. The van der Waals surface area contributed by atoms with Crippen LogP contribution >= 0.6 is 0 Å². The smallest absolute Gasteiger partial charge is 0.445 e. The number of ether oxygens (including phenoxy) is 3. The number of carbonyl (C=O) groups is 3. The number of carbonyl (C=O) groups excluding carboxylic acids is 3. The maximum Gasteiger partial charge on any atom is 0.508 e. The normalized spacial score (nSPS) is 18.2. The van der Waals surface area contributed by atoms with E-state index in [1.54, 1.807) is 0 Å². The molecule has 1 saturated heterocycles. The lowest BCUT2D eigenvalue weighted by Gasteiger charge is -2.39. The van der Waals surface area contributed by atoms with E-state index in [0.717, 1.165) is 11.1 Å². The second-order valence-electron chi connectivity index (χ2n) is 7.53. The summed E-state index contributed by atoms with van der Waals surface area (Å²) in [6.45, 7) is 2.11. The first-order chi connectivity index (χ1) is 15.0. The van der Waals surface area contributed by atoms with Crippen molar-refractivity contribution in [2.24, 2.45) is 0 Å². The van der Waals surface area contributed by atoms with Gasteiger partial charge in [0, 0.05) is 13.0 Å². The summed E-state index contributed by atoms with van der Waals surface area (Å²) in [4.78, 5) is 38.3. The molecule has 0 N–H and O–H groups in total. The first kappa shape index (κ1) is 22.3. The van der Waals surface area contributed by atoms with E-state index in [9.17, 15) is 14.4 Å². The van der Waals surface area contributed by atoms with Crippen LogP contribution in [-0.2, 0) is 32.2 Å². The molecule has 164 valence electrons. The molecule has 2 aromatic rings. The van der Waals surface area contributed by atoms with Crippen LogP contribution in [0.1, 0.15) is 37.3 Å². The van der Waals surface area contributed by atoms with Gasteiger partial charge in [0.05, 0.1) is 6.04 Å². The lowest BCUT2D eigenvalue weighted by atomic mass is 9.95. The fourth-order valence-electron chi connectivity index (χ4n) is 3.60. The third-order valence-corrected chi connectivity index (χ3v) is 5.10. The molecule has 31 heavy (non-hydrogen) atoms. The Bertz CT molecular complexity index is 870. The number of rotatable bonds is 7. The van der Waals surface area contributed by atoms with E-state index < -0.39 is 24.4 Å². The number of ketones is 1. The van der Waals surface area contributed by atoms with Gasteiger partial charge in [-0.05, 0) is 30.9 Å². The summed E-state index contributed by atoms with van der Waals surface area (Å²) in [5.41, 5.74) is 1.71. The SMILES string of the molecule is CC(=O)C[C@H]1[C@@H](OC(=O)OCc2ccccc2)CCCN1C(=O)OCc1ccccc1. The summed E-state index contributed by atoms with van der Waals surface area (Å²) < 4.78 is 16.2. The molecule has 0 unspecified atom stereocenters. The first-order valence-corrected chi connectivity index (χ1v) is 10.4. The van der Waals surface area contributed by atoms with Crippen molar-refractivity contribution in [3.63, 3.8) is 0 Å². The van der Waals surface area contributed by atoms with Gasteiger partial charge in [-0.25, -0.2) is 9.59 Å². The third kappa shape index (κ3) is 6.84. The Balaban J connectivity index is 1.60. The van der Waals surface area contributed by atoms with Gasteiger partial charge in [-0.15, -0.1) is 0 Å². The first-order valence-electron chi connectivity index (χ1n) is 10.4. The van der Waals surface area contributed by atoms with Crippen molar-refractivity contribution in [2.45, 2.75) is 51.5 Å². The van der Waals surface area contributed by atoms with E-state index in [2.05, 4.69) is 0 Å². The average Bonchev–Trinajstić information content (AvgIpc) is 2.78. The van der Waals surface area contributed by atoms with Crippen molar-refractivity contribution in [3.05, 3.63) is 71.8 Å². The van der Waals surface area contributed by atoms with Gasteiger partial charge in [0.2, 0.25) is 0 Å². The minimum absolute atomic E-state index is 0.0804. The number of nitrogens with zero attached hydrogens (tertiary/aromatic N) is 1. The van der Waals surface area contributed by atoms with Gasteiger partial charge in [0.25, 0.3) is 0 Å². The third-order valence-electron chi connectivity index (χ3n) is 5.10. The number of piperidine rings is 1. The summed E-state index contributed by atoms with van der Waals surface area (Å²) in [7, 11) is 0. The van der Waals surface area contributed by atoms with E-state index in [1.165, 1.54) is 11.8 Å². The van der Waals surface area contributed by atoms with Crippen LogP contribution in [0, 0.1) is 0 Å². The summed E-state index contributed by atoms with van der Waals surface area (Å²) in [5.74, 6) is -0.0981. The van der Waals surface area contributed by atoms with Gasteiger partial charge in [0.1, 0.15) is 25.1 Å². The maximum absolute atomic E-state index is 12.7. The van der Waals surface area contributed by atoms with Gasteiger partial charge >= 0.3 is 12.2 Å². The Morgan fingerprint density at radius 1 is 0.903 bits per heavy atom. The van der Waals surface area contributed by atoms with Crippen LogP contribution in [0.15, 0.2) is 60.7 Å². The molecule has 0 aliphatic carbocycles. The second-order valence-corrected chi connectivity index (χ2v) is 7.53. The zero-order valence-electron chi connectivity index (χ0n) is 17.6. The molecule has 1 aliphatic rings. The standard InChI is InChI=1S/C24H27NO6/c1-18(26)15-21-22(31-24(28)30-17-20-11-6-3-7-12-20)13-8-14-25(21)23(27)29-16-19-9-4-2-5-10-19/h2-7,9-12,21-22H,8,13-17H2,1H3/t21-,22-/m0/s1. The molecule has 2 aromatic carbocycles. The zero-order chi connectivity index (χ0) is 22.1. The Morgan fingerprint density at radius 3 is 2.06 bits per heavy atom. The zero-order valence-corrected chi connectivity index (χ0v) is 17.6. The minimum Gasteiger partial charge on any atom is -0.445 e. The van der Waals surface area contributed by atoms with Crippen molar-refractivity contribution < 1.29 is 28.6 Å². The fraction of sp³-hybridized carbons (Fsp3) is 0.375. The highest BCUT2D eigenvalue weighted by Crippen LogP contribution is 2.25. The van der Waals surface area contributed by atoms with Crippen molar-refractivity contribution in [1.29, 1.82) is 0 Å². The summed E-state index contributed by atoms with van der Waals surface area (Å²) >= 11 is 0.